The SMILES string of the molecule is COCOc1cc(-c2c(F)cc3c(N4CCC[C@@](C)(O)C4)nc(Cl)nc3c2F)c2c(Cl)cccc2c1. The van der Waals surface area contributed by atoms with Gasteiger partial charge in [-0.05, 0) is 61.0 Å². The molecule has 1 saturated heterocycles. The molecule has 1 atom stereocenters. The molecule has 5 rings (SSSR count). The number of β-amino-alcohol motifs (C(OH)–C–C–N with tert-alkyl or cyclic N) is 1. The molecule has 188 valence electrons. The maximum Gasteiger partial charge on any atom is 0.225 e. The van der Waals surface area contributed by atoms with Gasteiger partial charge in [0.1, 0.15) is 22.9 Å². The maximum absolute atomic E-state index is 16.2. The molecule has 0 unspecified atom stereocenters. The first-order valence-electron chi connectivity index (χ1n) is 11.4. The van der Waals surface area contributed by atoms with Gasteiger partial charge in [-0.25, -0.2) is 13.8 Å². The molecular formula is C26H23Cl2F2N3O3. The first-order valence-corrected chi connectivity index (χ1v) is 12.1. The molecule has 1 fully saturated rings. The standard InChI is InChI=1S/C26H23Cl2F2N3O3/c1-26(34)7-4-8-33(12-26)24-17-11-19(29)21(22(30)23(17)31-25(28)32-24)16-10-15(36-13-35-2)9-14-5-3-6-18(27)20(14)16/h3,5-6,9-11,34H,4,7-8,12-13H2,1-2H3/t26-/m1/s1. The van der Waals surface area contributed by atoms with Gasteiger partial charge in [-0.2, -0.15) is 4.98 Å². The molecule has 0 bridgehead atoms. The second-order valence-electron chi connectivity index (χ2n) is 9.14. The quantitative estimate of drug-likeness (QED) is 0.237. The van der Waals surface area contributed by atoms with E-state index in [2.05, 4.69) is 9.97 Å². The van der Waals surface area contributed by atoms with Crippen LogP contribution in [0.5, 0.6) is 5.75 Å². The van der Waals surface area contributed by atoms with E-state index in [9.17, 15) is 5.11 Å². The van der Waals surface area contributed by atoms with Crippen molar-refractivity contribution in [2.24, 2.45) is 0 Å². The van der Waals surface area contributed by atoms with Crippen LogP contribution < -0.4 is 9.64 Å². The van der Waals surface area contributed by atoms with Crippen LogP contribution in [0.4, 0.5) is 14.6 Å². The van der Waals surface area contributed by atoms with Crippen molar-refractivity contribution in [1.29, 1.82) is 0 Å². The molecule has 0 spiro atoms. The fourth-order valence-corrected chi connectivity index (χ4v) is 5.25. The second kappa shape index (κ2) is 9.59. The number of ether oxygens (including phenoxy) is 2. The van der Waals surface area contributed by atoms with Gasteiger partial charge in [-0.15, -0.1) is 0 Å². The molecule has 2 heterocycles. The summed E-state index contributed by atoms with van der Waals surface area (Å²) in [6.07, 6.45) is 1.31. The summed E-state index contributed by atoms with van der Waals surface area (Å²) in [6.45, 7) is 2.49. The Kier molecular flexibility index (Phi) is 6.63. The lowest BCUT2D eigenvalue weighted by molar-refractivity contribution is 0.0448. The number of benzene rings is 3. The van der Waals surface area contributed by atoms with Crippen molar-refractivity contribution in [3.8, 4) is 16.9 Å². The van der Waals surface area contributed by atoms with Gasteiger partial charge in [0.2, 0.25) is 5.28 Å². The molecule has 4 aromatic rings. The van der Waals surface area contributed by atoms with Crippen molar-refractivity contribution >= 4 is 50.7 Å². The Bertz CT molecular complexity index is 1480. The zero-order valence-electron chi connectivity index (χ0n) is 19.6. The Hall–Kier alpha value is -2.78. The first-order chi connectivity index (χ1) is 17.2. The average molecular weight is 534 g/mol. The minimum absolute atomic E-state index is 0.0417. The third-order valence-electron chi connectivity index (χ3n) is 6.32. The molecule has 1 aliphatic rings. The monoisotopic (exact) mass is 533 g/mol. The molecule has 1 N–H and O–H groups in total. The van der Waals surface area contributed by atoms with Gasteiger partial charge in [-0.1, -0.05) is 23.7 Å². The smallest absolute Gasteiger partial charge is 0.225 e. The van der Waals surface area contributed by atoms with E-state index in [-0.39, 0.29) is 46.5 Å². The number of aromatic nitrogens is 2. The largest absolute Gasteiger partial charge is 0.468 e. The van der Waals surface area contributed by atoms with Crippen LogP contribution in [0.3, 0.4) is 0 Å². The predicted molar refractivity (Wildman–Crippen MR) is 137 cm³/mol. The number of hydrogen-bond acceptors (Lipinski definition) is 6. The van der Waals surface area contributed by atoms with E-state index in [4.69, 9.17) is 32.7 Å². The average Bonchev–Trinajstić information content (AvgIpc) is 2.82. The Morgan fingerprint density at radius 2 is 1.97 bits per heavy atom. The molecule has 36 heavy (non-hydrogen) atoms. The van der Waals surface area contributed by atoms with E-state index in [1.165, 1.54) is 19.2 Å². The normalized spacial score (nSPS) is 18.2. The van der Waals surface area contributed by atoms with Gasteiger partial charge < -0.3 is 19.5 Å². The van der Waals surface area contributed by atoms with E-state index in [0.29, 0.717) is 40.9 Å². The summed E-state index contributed by atoms with van der Waals surface area (Å²) in [7, 11) is 1.48. The first kappa shape index (κ1) is 24.9. The van der Waals surface area contributed by atoms with Crippen LogP contribution >= 0.6 is 23.2 Å². The third kappa shape index (κ3) is 4.54. The van der Waals surface area contributed by atoms with E-state index in [0.717, 1.165) is 0 Å². The van der Waals surface area contributed by atoms with Crippen molar-refractivity contribution in [2.45, 2.75) is 25.4 Å². The lowest BCUT2D eigenvalue weighted by Crippen LogP contribution is -2.46. The predicted octanol–water partition coefficient (Wildman–Crippen LogP) is 6.37. The van der Waals surface area contributed by atoms with Gasteiger partial charge in [0.25, 0.3) is 0 Å². The molecule has 0 amide bonds. The highest BCUT2D eigenvalue weighted by atomic mass is 35.5. The zero-order chi connectivity index (χ0) is 25.6. The van der Waals surface area contributed by atoms with Crippen LogP contribution in [0.1, 0.15) is 19.8 Å². The zero-order valence-corrected chi connectivity index (χ0v) is 21.1. The fraction of sp³-hybridized carbons (Fsp3) is 0.308. The molecular weight excluding hydrogens is 511 g/mol. The van der Waals surface area contributed by atoms with Gasteiger partial charge in [0.05, 0.1) is 11.2 Å². The molecule has 1 aliphatic heterocycles. The van der Waals surface area contributed by atoms with Crippen molar-refractivity contribution in [3.05, 3.63) is 58.3 Å². The van der Waals surface area contributed by atoms with E-state index >= 15 is 8.78 Å². The number of piperidine rings is 1. The molecule has 3 aromatic carbocycles. The van der Waals surface area contributed by atoms with E-state index < -0.39 is 17.2 Å². The van der Waals surface area contributed by atoms with Crippen LogP contribution in [-0.4, -0.2) is 47.7 Å². The highest BCUT2D eigenvalue weighted by Crippen LogP contribution is 2.42. The number of rotatable bonds is 5. The number of aliphatic hydroxyl groups is 1. The molecule has 0 saturated carbocycles. The lowest BCUT2D eigenvalue weighted by atomic mass is 9.94. The molecule has 1 aromatic heterocycles. The van der Waals surface area contributed by atoms with Crippen molar-refractivity contribution in [2.75, 3.05) is 31.9 Å². The van der Waals surface area contributed by atoms with Crippen molar-refractivity contribution in [3.63, 3.8) is 0 Å². The highest BCUT2D eigenvalue weighted by Gasteiger charge is 2.31. The Morgan fingerprint density at radius 1 is 1.17 bits per heavy atom. The van der Waals surface area contributed by atoms with E-state index in [1.54, 1.807) is 36.1 Å². The van der Waals surface area contributed by atoms with Crippen LogP contribution in [0.25, 0.3) is 32.8 Å². The van der Waals surface area contributed by atoms with Crippen molar-refractivity contribution < 1.29 is 23.4 Å². The second-order valence-corrected chi connectivity index (χ2v) is 9.89. The molecule has 10 heteroatoms. The van der Waals surface area contributed by atoms with Gasteiger partial charge >= 0.3 is 0 Å². The highest BCUT2D eigenvalue weighted by molar-refractivity contribution is 6.36. The number of hydrogen-bond donors (Lipinski definition) is 1. The van der Waals surface area contributed by atoms with Gasteiger partial charge in [0.15, 0.2) is 12.6 Å². The topological polar surface area (TPSA) is 67.7 Å². The fourth-order valence-electron chi connectivity index (χ4n) is 4.80. The number of fused-ring (bicyclic) bond motifs is 2. The maximum atomic E-state index is 16.2. The third-order valence-corrected chi connectivity index (χ3v) is 6.81. The number of methoxy groups -OCH3 is 1. The van der Waals surface area contributed by atoms with Crippen LogP contribution in [0.2, 0.25) is 10.3 Å². The van der Waals surface area contributed by atoms with Gasteiger partial charge in [0, 0.05) is 41.6 Å². The Balaban J connectivity index is 1.76. The summed E-state index contributed by atoms with van der Waals surface area (Å²) in [5, 5.41) is 12.0. The summed E-state index contributed by atoms with van der Waals surface area (Å²) < 4.78 is 42.5. The van der Waals surface area contributed by atoms with Crippen LogP contribution in [0, 0.1) is 11.6 Å². The molecule has 0 radical (unpaired) electrons. The van der Waals surface area contributed by atoms with Gasteiger partial charge in [-0.3, -0.25) is 0 Å². The van der Waals surface area contributed by atoms with Crippen LogP contribution in [-0.2, 0) is 4.74 Å². The van der Waals surface area contributed by atoms with E-state index in [1.807, 2.05) is 0 Å². The minimum atomic E-state index is -0.961. The minimum Gasteiger partial charge on any atom is -0.468 e. The molecule has 6 nitrogen and oxygen atoms in total. The summed E-state index contributed by atoms with van der Waals surface area (Å²) in [5.41, 5.74) is -1.19. The Morgan fingerprint density at radius 3 is 2.72 bits per heavy atom. The number of nitrogens with zero attached hydrogens (tertiary/aromatic N) is 3. The van der Waals surface area contributed by atoms with Crippen molar-refractivity contribution in [1.82, 2.24) is 9.97 Å². The summed E-state index contributed by atoms with van der Waals surface area (Å²) in [5.74, 6) is -1.09. The molecule has 0 aliphatic carbocycles. The van der Waals surface area contributed by atoms with Crippen LogP contribution in [0.15, 0.2) is 36.4 Å². The summed E-state index contributed by atoms with van der Waals surface area (Å²) in [6, 6.07) is 9.62. The lowest BCUT2D eigenvalue weighted by Gasteiger charge is -2.37. The number of anilines is 1. The number of halogens is 4. The summed E-state index contributed by atoms with van der Waals surface area (Å²) in [4.78, 5) is 10.2. The summed E-state index contributed by atoms with van der Waals surface area (Å²) >= 11 is 12.7. The Labute approximate surface area is 216 Å².